The van der Waals surface area contributed by atoms with Crippen LogP contribution in [0.15, 0.2) is 30.6 Å². The molecule has 0 bridgehead atoms. The highest BCUT2D eigenvalue weighted by atomic mass is 35.5. The van der Waals surface area contributed by atoms with Crippen LogP contribution in [0.2, 0.25) is 10.3 Å². The van der Waals surface area contributed by atoms with E-state index in [1.165, 1.54) is 5.56 Å². The van der Waals surface area contributed by atoms with Crippen molar-refractivity contribution in [1.29, 1.82) is 0 Å². The number of carbonyl (C=O) groups is 1. The third-order valence-corrected chi connectivity index (χ3v) is 4.55. The minimum Gasteiger partial charge on any atom is -0.352 e. The quantitative estimate of drug-likeness (QED) is 0.868. The van der Waals surface area contributed by atoms with E-state index in [1.807, 2.05) is 12.3 Å². The van der Waals surface area contributed by atoms with Gasteiger partial charge in [0.05, 0.1) is 0 Å². The van der Waals surface area contributed by atoms with Crippen molar-refractivity contribution in [2.75, 3.05) is 6.54 Å². The summed E-state index contributed by atoms with van der Waals surface area (Å²) in [6.07, 6.45) is 4.73. The van der Waals surface area contributed by atoms with Crippen LogP contribution in [0.1, 0.15) is 33.8 Å². The van der Waals surface area contributed by atoms with Crippen molar-refractivity contribution in [3.8, 4) is 0 Å². The zero-order valence-electron chi connectivity index (χ0n) is 12.0. The molecule has 0 spiro atoms. The topological polar surface area (TPSA) is 54.9 Å². The zero-order valence-corrected chi connectivity index (χ0v) is 13.5. The van der Waals surface area contributed by atoms with Gasteiger partial charge in [0.25, 0.3) is 5.91 Å². The van der Waals surface area contributed by atoms with Gasteiger partial charge in [0.2, 0.25) is 0 Å². The number of aromatic nitrogens is 2. The molecule has 1 aliphatic rings. The van der Waals surface area contributed by atoms with E-state index in [4.69, 9.17) is 23.2 Å². The summed E-state index contributed by atoms with van der Waals surface area (Å²) in [7, 11) is 0. The number of halogens is 2. The molecule has 0 unspecified atom stereocenters. The van der Waals surface area contributed by atoms with Gasteiger partial charge in [0.1, 0.15) is 10.3 Å². The first kappa shape index (κ1) is 15.3. The van der Waals surface area contributed by atoms with Crippen LogP contribution >= 0.6 is 23.2 Å². The van der Waals surface area contributed by atoms with Crippen LogP contribution in [-0.2, 0) is 0 Å². The van der Waals surface area contributed by atoms with Crippen LogP contribution in [0.4, 0.5) is 0 Å². The smallest absolute Gasteiger partial charge is 0.251 e. The second-order valence-corrected chi connectivity index (χ2v) is 6.25. The van der Waals surface area contributed by atoms with Gasteiger partial charge in [-0.2, -0.15) is 0 Å². The Hall–Kier alpha value is -1.65. The molecule has 1 N–H and O–H groups in total. The number of hydrogen-bond acceptors (Lipinski definition) is 3. The summed E-state index contributed by atoms with van der Waals surface area (Å²) in [6.45, 7) is 2.39. The van der Waals surface area contributed by atoms with Crippen molar-refractivity contribution >= 4 is 29.1 Å². The maximum atomic E-state index is 12.3. The Morgan fingerprint density at radius 1 is 1.45 bits per heavy atom. The van der Waals surface area contributed by atoms with Gasteiger partial charge in [0.15, 0.2) is 0 Å². The van der Waals surface area contributed by atoms with Crippen molar-refractivity contribution in [1.82, 2.24) is 15.3 Å². The van der Waals surface area contributed by atoms with Crippen LogP contribution in [0.25, 0.3) is 0 Å². The van der Waals surface area contributed by atoms with Crippen LogP contribution in [0.5, 0.6) is 0 Å². The number of hydrogen-bond donors (Lipinski definition) is 1. The summed E-state index contributed by atoms with van der Waals surface area (Å²) in [5.41, 5.74) is 2.35. The fraction of sp³-hybridized carbons (Fsp3) is 0.312. The maximum absolute atomic E-state index is 12.3. The molecule has 2 heterocycles. The van der Waals surface area contributed by atoms with Crippen molar-refractivity contribution < 1.29 is 4.79 Å². The molecule has 6 heteroatoms. The molecule has 22 heavy (non-hydrogen) atoms. The minimum absolute atomic E-state index is 0.166. The average Bonchev–Trinajstić information content (AvgIpc) is 3.29. The maximum Gasteiger partial charge on any atom is 0.251 e. The largest absolute Gasteiger partial charge is 0.352 e. The Bertz CT molecular complexity index is 706. The van der Waals surface area contributed by atoms with E-state index < -0.39 is 0 Å². The second-order valence-electron chi connectivity index (χ2n) is 5.51. The lowest BCUT2D eigenvalue weighted by Gasteiger charge is -2.09. The van der Waals surface area contributed by atoms with Gasteiger partial charge < -0.3 is 5.32 Å². The van der Waals surface area contributed by atoms with Gasteiger partial charge in [-0.15, -0.1) is 0 Å². The van der Waals surface area contributed by atoms with Gasteiger partial charge in [-0.25, -0.2) is 4.98 Å². The molecule has 2 aromatic rings. The van der Waals surface area contributed by atoms with Crippen LogP contribution in [0.3, 0.4) is 0 Å². The minimum atomic E-state index is -0.166. The summed E-state index contributed by atoms with van der Waals surface area (Å²) in [4.78, 5) is 20.3. The van der Waals surface area contributed by atoms with Crippen molar-refractivity contribution in [2.24, 2.45) is 5.92 Å². The van der Waals surface area contributed by atoms with Gasteiger partial charge in [0, 0.05) is 24.5 Å². The van der Waals surface area contributed by atoms with E-state index in [9.17, 15) is 4.79 Å². The predicted molar refractivity (Wildman–Crippen MR) is 86.4 cm³/mol. The highest BCUT2D eigenvalue weighted by Gasteiger charge is 2.38. The number of nitrogens with one attached hydrogen (secondary N) is 1. The molecule has 0 saturated heterocycles. The molecule has 2 atom stereocenters. The Balaban J connectivity index is 1.60. The summed E-state index contributed by atoms with van der Waals surface area (Å²) in [5, 5.41) is 3.44. The molecule has 3 rings (SSSR count). The van der Waals surface area contributed by atoms with Crippen LogP contribution < -0.4 is 5.32 Å². The van der Waals surface area contributed by atoms with E-state index in [-0.39, 0.29) is 16.2 Å². The second kappa shape index (κ2) is 6.23. The molecular formula is C16H15Cl2N3O. The first-order valence-corrected chi connectivity index (χ1v) is 7.82. The highest BCUT2D eigenvalue weighted by Crippen LogP contribution is 2.46. The molecule has 2 aromatic heterocycles. The zero-order chi connectivity index (χ0) is 15.7. The number of pyridine rings is 2. The van der Waals surface area contributed by atoms with Gasteiger partial charge in [-0.05, 0) is 48.4 Å². The Kier molecular flexibility index (Phi) is 4.32. The summed E-state index contributed by atoms with van der Waals surface area (Å²) in [6, 6.07) is 5.56. The Morgan fingerprint density at radius 2 is 2.27 bits per heavy atom. The molecule has 1 fully saturated rings. The van der Waals surface area contributed by atoms with Crippen molar-refractivity contribution in [3.63, 3.8) is 0 Å². The normalized spacial score (nSPS) is 19.8. The van der Waals surface area contributed by atoms with E-state index in [1.54, 1.807) is 19.2 Å². The molecule has 0 aromatic carbocycles. The Morgan fingerprint density at radius 3 is 3.00 bits per heavy atom. The molecule has 114 valence electrons. The number of amides is 1. The van der Waals surface area contributed by atoms with Gasteiger partial charge in [-0.3, -0.25) is 9.78 Å². The average molecular weight is 336 g/mol. The SMILES string of the molecule is Cc1c(C(=O)NC[C@@H]2C[C@H]2c2cccnc2)cc(Cl)nc1Cl. The standard InChI is InChI=1S/C16H15Cl2N3O/c1-9-12(6-14(17)21-15(9)18)16(22)20-8-11-5-13(11)10-3-2-4-19-7-10/h2-4,6-7,11,13H,5,8H2,1H3,(H,20,22)/t11-,13-/m0/s1. The molecule has 1 saturated carbocycles. The van der Waals surface area contributed by atoms with Crippen LogP contribution in [0, 0.1) is 12.8 Å². The summed E-state index contributed by atoms with van der Waals surface area (Å²) >= 11 is 11.8. The van der Waals surface area contributed by atoms with Gasteiger partial charge >= 0.3 is 0 Å². The highest BCUT2D eigenvalue weighted by molar-refractivity contribution is 6.33. The summed E-state index contributed by atoms with van der Waals surface area (Å²) < 4.78 is 0. The molecular weight excluding hydrogens is 321 g/mol. The first-order valence-electron chi connectivity index (χ1n) is 7.07. The monoisotopic (exact) mass is 335 g/mol. The lowest BCUT2D eigenvalue weighted by Crippen LogP contribution is -2.26. The lowest BCUT2D eigenvalue weighted by molar-refractivity contribution is 0.0951. The van der Waals surface area contributed by atoms with Gasteiger partial charge in [-0.1, -0.05) is 29.3 Å². The van der Waals surface area contributed by atoms with Crippen LogP contribution in [-0.4, -0.2) is 22.4 Å². The number of nitrogens with zero attached hydrogens (tertiary/aromatic N) is 2. The number of carbonyl (C=O) groups excluding carboxylic acids is 1. The van der Waals surface area contributed by atoms with E-state index in [2.05, 4.69) is 21.4 Å². The molecule has 1 amide bonds. The first-order chi connectivity index (χ1) is 10.6. The predicted octanol–water partition coefficient (Wildman–Crippen LogP) is 3.63. The fourth-order valence-electron chi connectivity index (χ4n) is 2.58. The van der Waals surface area contributed by atoms with Crippen molar-refractivity contribution in [3.05, 3.63) is 57.6 Å². The van der Waals surface area contributed by atoms with E-state index in [0.717, 1.165) is 6.42 Å². The molecule has 0 radical (unpaired) electrons. The molecule has 1 aliphatic carbocycles. The van der Waals surface area contributed by atoms with E-state index in [0.29, 0.717) is 29.5 Å². The number of rotatable bonds is 4. The summed E-state index contributed by atoms with van der Waals surface area (Å²) in [5.74, 6) is 0.779. The lowest BCUT2D eigenvalue weighted by atomic mass is 10.1. The van der Waals surface area contributed by atoms with E-state index >= 15 is 0 Å². The Labute approximate surface area is 138 Å². The third-order valence-electron chi connectivity index (χ3n) is 3.99. The fourth-order valence-corrected chi connectivity index (χ4v) is 3.01. The third kappa shape index (κ3) is 3.23. The molecule has 4 nitrogen and oxygen atoms in total. The molecule has 0 aliphatic heterocycles. The van der Waals surface area contributed by atoms with Crippen molar-refractivity contribution in [2.45, 2.75) is 19.3 Å².